The number of hydrogen-bond acceptors (Lipinski definition) is 3. The highest BCUT2D eigenvalue weighted by Crippen LogP contribution is 2.17. The van der Waals surface area contributed by atoms with Gasteiger partial charge in [0.05, 0.1) is 0 Å². The number of aliphatic carboxylic acids is 1. The van der Waals surface area contributed by atoms with Crippen LogP contribution in [0.2, 0.25) is 0 Å². The summed E-state index contributed by atoms with van der Waals surface area (Å²) in [4.78, 5) is 15.4. The summed E-state index contributed by atoms with van der Waals surface area (Å²) in [5, 5.41) is 8.79. The highest BCUT2D eigenvalue weighted by atomic mass is 16.4. The van der Waals surface area contributed by atoms with Crippen LogP contribution in [0, 0.1) is 0 Å². The molecule has 0 aliphatic carbocycles. The Morgan fingerprint density at radius 1 is 1.59 bits per heavy atom. The minimum atomic E-state index is -0.703. The molecule has 0 aromatic rings. The summed E-state index contributed by atoms with van der Waals surface area (Å²) >= 11 is 0. The van der Waals surface area contributed by atoms with Crippen molar-refractivity contribution in [1.29, 1.82) is 0 Å². The molecule has 1 saturated heterocycles. The predicted molar refractivity (Wildman–Crippen MR) is 69.1 cm³/mol. The predicted octanol–water partition coefficient (Wildman–Crippen LogP) is 1.43. The Labute approximate surface area is 104 Å². The Balaban J connectivity index is 2.60. The zero-order valence-electron chi connectivity index (χ0n) is 10.9. The molecule has 1 N–H and O–H groups in total. The molecule has 1 rings (SSSR count). The molecule has 1 aliphatic rings. The molecular weight excluding hydrogens is 216 g/mol. The van der Waals surface area contributed by atoms with Gasteiger partial charge in [-0.25, -0.2) is 0 Å². The summed E-state index contributed by atoms with van der Waals surface area (Å²) in [6, 6.07) is 0.854. The number of likely N-dealkylation sites (N-methyl/N-ethyl adjacent to an activating group) is 1. The molecule has 4 nitrogen and oxygen atoms in total. The largest absolute Gasteiger partial charge is 0.481 e. The van der Waals surface area contributed by atoms with Crippen LogP contribution >= 0.6 is 0 Å². The molecule has 0 saturated carbocycles. The topological polar surface area (TPSA) is 43.8 Å². The smallest absolute Gasteiger partial charge is 0.303 e. The van der Waals surface area contributed by atoms with Crippen LogP contribution in [0.5, 0.6) is 0 Å². The van der Waals surface area contributed by atoms with E-state index in [4.69, 9.17) is 5.11 Å². The van der Waals surface area contributed by atoms with E-state index in [-0.39, 0.29) is 6.42 Å². The van der Waals surface area contributed by atoms with Crippen molar-refractivity contribution in [3.63, 3.8) is 0 Å². The van der Waals surface area contributed by atoms with Gasteiger partial charge in [-0.05, 0) is 26.8 Å². The minimum Gasteiger partial charge on any atom is -0.481 e. The molecule has 98 valence electrons. The van der Waals surface area contributed by atoms with Gasteiger partial charge in [0.15, 0.2) is 0 Å². The maximum Gasteiger partial charge on any atom is 0.303 e. The lowest BCUT2D eigenvalue weighted by molar-refractivity contribution is -0.137. The van der Waals surface area contributed by atoms with Crippen molar-refractivity contribution >= 4 is 5.97 Å². The number of nitrogens with zero attached hydrogens (tertiary/aromatic N) is 2. The Morgan fingerprint density at radius 2 is 2.29 bits per heavy atom. The average molecular weight is 240 g/mol. The molecule has 17 heavy (non-hydrogen) atoms. The van der Waals surface area contributed by atoms with Crippen molar-refractivity contribution in [2.75, 3.05) is 26.7 Å². The lowest BCUT2D eigenvalue weighted by atomic mass is 10.1. The van der Waals surface area contributed by atoms with Crippen molar-refractivity contribution in [1.82, 2.24) is 9.80 Å². The van der Waals surface area contributed by atoms with Gasteiger partial charge in [0.25, 0.3) is 0 Å². The second kappa shape index (κ2) is 6.77. The molecule has 1 fully saturated rings. The van der Waals surface area contributed by atoms with Gasteiger partial charge in [-0.3, -0.25) is 14.6 Å². The number of carboxylic acids is 1. The standard InChI is InChI=1S/C13H24N2O2/c1-4-8-15-9-7-11(2)14(3)12(10-15)5-6-13(16)17/h4,11-12H,1,5-10H2,2-3H3,(H,16,17). The summed E-state index contributed by atoms with van der Waals surface area (Å²) in [5.74, 6) is -0.703. The van der Waals surface area contributed by atoms with E-state index in [2.05, 4.69) is 30.4 Å². The number of hydrogen-bond donors (Lipinski definition) is 1. The first kappa shape index (κ1) is 14.2. The van der Waals surface area contributed by atoms with Gasteiger partial charge in [-0.1, -0.05) is 6.08 Å². The first-order valence-electron chi connectivity index (χ1n) is 6.31. The van der Waals surface area contributed by atoms with Gasteiger partial charge < -0.3 is 5.11 Å². The van der Waals surface area contributed by atoms with Crippen molar-refractivity contribution in [2.45, 2.75) is 38.3 Å². The molecule has 2 unspecified atom stereocenters. The van der Waals surface area contributed by atoms with Crippen LogP contribution in [0.15, 0.2) is 12.7 Å². The van der Waals surface area contributed by atoms with E-state index in [0.29, 0.717) is 12.1 Å². The summed E-state index contributed by atoms with van der Waals surface area (Å²) in [6.45, 7) is 8.89. The van der Waals surface area contributed by atoms with E-state index in [1.165, 1.54) is 0 Å². The molecule has 0 radical (unpaired) electrons. The third-order valence-corrected chi connectivity index (χ3v) is 3.68. The second-order valence-electron chi connectivity index (χ2n) is 4.94. The summed E-state index contributed by atoms with van der Waals surface area (Å²) in [7, 11) is 2.11. The minimum absolute atomic E-state index is 0.254. The third-order valence-electron chi connectivity index (χ3n) is 3.68. The fourth-order valence-corrected chi connectivity index (χ4v) is 2.38. The normalized spacial score (nSPS) is 27.6. The SMILES string of the molecule is C=CCN1CCC(C)N(C)C(CCC(=O)O)C1. The fourth-order valence-electron chi connectivity index (χ4n) is 2.38. The van der Waals surface area contributed by atoms with E-state index < -0.39 is 5.97 Å². The van der Waals surface area contributed by atoms with Gasteiger partial charge >= 0.3 is 5.97 Å². The average Bonchev–Trinajstić information content (AvgIpc) is 2.40. The van der Waals surface area contributed by atoms with Crippen molar-refractivity contribution in [3.8, 4) is 0 Å². The maximum absolute atomic E-state index is 10.7. The van der Waals surface area contributed by atoms with Crippen molar-refractivity contribution < 1.29 is 9.90 Å². The van der Waals surface area contributed by atoms with Crippen LogP contribution < -0.4 is 0 Å². The summed E-state index contributed by atoms with van der Waals surface area (Å²) in [5.41, 5.74) is 0. The van der Waals surface area contributed by atoms with Gasteiger partial charge in [-0.2, -0.15) is 0 Å². The van der Waals surface area contributed by atoms with E-state index in [0.717, 1.165) is 32.5 Å². The zero-order valence-corrected chi connectivity index (χ0v) is 10.9. The van der Waals surface area contributed by atoms with Crippen molar-refractivity contribution in [2.24, 2.45) is 0 Å². The Bertz CT molecular complexity index is 268. The maximum atomic E-state index is 10.7. The van der Waals surface area contributed by atoms with Crippen molar-refractivity contribution in [3.05, 3.63) is 12.7 Å². The number of carboxylic acid groups (broad SMARTS) is 1. The first-order chi connectivity index (χ1) is 8.04. The highest BCUT2D eigenvalue weighted by Gasteiger charge is 2.26. The van der Waals surface area contributed by atoms with E-state index >= 15 is 0 Å². The van der Waals surface area contributed by atoms with Gasteiger partial charge in [0, 0.05) is 38.1 Å². The Hall–Kier alpha value is -0.870. The fraction of sp³-hybridized carbons (Fsp3) is 0.769. The summed E-state index contributed by atoms with van der Waals surface area (Å²) < 4.78 is 0. The molecule has 0 aromatic carbocycles. The molecular formula is C13H24N2O2. The van der Waals surface area contributed by atoms with Crippen LogP contribution in [0.3, 0.4) is 0 Å². The lowest BCUT2D eigenvalue weighted by Gasteiger charge is -2.31. The van der Waals surface area contributed by atoms with Gasteiger partial charge in [0.2, 0.25) is 0 Å². The zero-order chi connectivity index (χ0) is 12.8. The van der Waals surface area contributed by atoms with Crippen LogP contribution in [0.25, 0.3) is 0 Å². The van der Waals surface area contributed by atoms with Gasteiger partial charge in [0.1, 0.15) is 0 Å². The monoisotopic (exact) mass is 240 g/mol. The van der Waals surface area contributed by atoms with Crippen LogP contribution in [0.4, 0.5) is 0 Å². The van der Waals surface area contributed by atoms with Gasteiger partial charge in [-0.15, -0.1) is 6.58 Å². The second-order valence-corrected chi connectivity index (χ2v) is 4.94. The highest BCUT2D eigenvalue weighted by molar-refractivity contribution is 5.66. The molecule has 1 heterocycles. The van der Waals surface area contributed by atoms with E-state index in [9.17, 15) is 4.79 Å². The molecule has 0 amide bonds. The van der Waals surface area contributed by atoms with Crippen LogP contribution in [-0.4, -0.2) is 59.6 Å². The quantitative estimate of drug-likeness (QED) is 0.738. The molecule has 1 aliphatic heterocycles. The molecule has 0 aromatic heterocycles. The molecule has 0 spiro atoms. The summed E-state index contributed by atoms with van der Waals surface area (Å²) in [6.07, 6.45) is 4.03. The number of rotatable bonds is 5. The molecule has 4 heteroatoms. The first-order valence-corrected chi connectivity index (χ1v) is 6.31. The van der Waals surface area contributed by atoms with Crippen LogP contribution in [0.1, 0.15) is 26.2 Å². The Morgan fingerprint density at radius 3 is 2.88 bits per heavy atom. The molecule has 2 atom stereocenters. The molecule has 0 bridgehead atoms. The van der Waals surface area contributed by atoms with E-state index in [1.54, 1.807) is 0 Å². The number of carbonyl (C=O) groups is 1. The Kier molecular flexibility index (Phi) is 5.65. The van der Waals surface area contributed by atoms with E-state index in [1.807, 2.05) is 6.08 Å². The lowest BCUT2D eigenvalue weighted by Crippen LogP contribution is -2.42. The third kappa shape index (κ3) is 4.48. The van der Waals surface area contributed by atoms with Crippen LogP contribution in [-0.2, 0) is 4.79 Å².